The summed E-state index contributed by atoms with van der Waals surface area (Å²) >= 11 is 0. The Bertz CT molecular complexity index is 820. The molecule has 0 spiro atoms. The first kappa shape index (κ1) is 18.5. The summed E-state index contributed by atoms with van der Waals surface area (Å²) in [7, 11) is 0. The van der Waals surface area contributed by atoms with E-state index in [2.05, 4.69) is 10.6 Å². The summed E-state index contributed by atoms with van der Waals surface area (Å²) in [5.74, 6) is -0.0637. The van der Waals surface area contributed by atoms with Crippen LogP contribution in [0.15, 0.2) is 79.1 Å². The maximum absolute atomic E-state index is 12.3. The van der Waals surface area contributed by atoms with Crippen LogP contribution in [-0.4, -0.2) is 5.91 Å². The van der Waals surface area contributed by atoms with Crippen LogP contribution in [0.25, 0.3) is 0 Å². The maximum atomic E-state index is 12.3. The third-order valence-electron chi connectivity index (χ3n) is 3.64. The molecule has 128 valence electrons. The van der Waals surface area contributed by atoms with Gasteiger partial charge in [0.2, 0.25) is 6.54 Å². The van der Waals surface area contributed by atoms with Crippen molar-refractivity contribution in [1.82, 2.24) is 0 Å². The van der Waals surface area contributed by atoms with Crippen LogP contribution in [-0.2, 0) is 11.3 Å². The molecule has 0 unspecified atom stereocenters. The number of para-hydroxylation sites is 3. The molecular weight excluding hydrogens is 334 g/mol. The van der Waals surface area contributed by atoms with Gasteiger partial charge in [0.05, 0.1) is 11.4 Å². The van der Waals surface area contributed by atoms with Crippen LogP contribution in [0.4, 0.5) is 17.1 Å². The molecule has 3 aromatic rings. The van der Waals surface area contributed by atoms with Crippen molar-refractivity contribution in [3.05, 3.63) is 84.7 Å². The number of anilines is 3. The summed E-state index contributed by atoms with van der Waals surface area (Å²) in [5.41, 5.74) is 3.78. The van der Waals surface area contributed by atoms with Crippen molar-refractivity contribution in [2.75, 3.05) is 10.6 Å². The fourth-order valence-electron chi connectivity index (χ4n) is 2.37. The van der Waals surface area contributed by atoms with E-state index in [-0.39, 0.29) is 24.9 Å². The second-order valence-electron chi connectivity index (χ2n) is 5.63. The normalized spacial score (nSPS) is 9.80. The Morgan fingerprint density at radius 1 is 0.880 bits per heavy atom. The van der Waals surface area contributed by atoms with Crippen LogP contribution in [0.3, 0.4) is 0 Å². The quantitative estimate of drug-likeness (QED) is 0.662. The van der Waals surface area contributed by atoms with E-state index in [1.165, 1.54) is 5.56 Å². The zero-order valence-corrected chi connectivity index (χ0v) is 14.7. The lowest BCUT2D eigenvalue weighted by Gasteiger charge is -2.12. The van der Waals surface area contributed by atoms with Crippen molar-refractivity contribution in [3.8, 4) is 0 Å². The second-order valence-corrected chi connectivity index (χ2v) is 5.63. The molecule has 2 aromatic carbocycles. The molecule has 1 heterocycles. The number of nitrogens with zero attached hydrogens (tertiary/aromatic N) is 1. The number of amides is 1. The number of carbonyl (C=O) groups is 1. The number of halogens is 1. The molecular formula is C20H20ClN3O. The lowest BCUT2D eigenvalue weighted by Crippen LogP contribution is -3.00. The molecule has 1 amide bonds. The van der Waals surface area contributed by atoms with Gasteiger partial charge in [-0.05, 0) is 36.8 Å². The summed E-state index contributed by atoms with van der Waals surface area (Å²) in [6.07, 6.45) is 3.81. The van der Waals surface area contributed by atoms with Crippen LogP contribution in [0.1, 0.15) is 5.56 Å². The summed E-state index contributed by atoms with van der Waals surface area (Å²) in [4.78, 5) is 12.3. The zero-order chi connectivity index (χ0) is 16.8. The monoisotopic (exact) mass is 353 g/mol. The number of hydrogen-bond donors (Lipinski definition) is 2. The minimum atomic E-state index is -0.0637. The van der Waals surface area contributed by atoms with E-state index in [0.717, 1.165) is 17.1 Å². The minimum Gasteiger partial charge on any atom is -1.00 e. The molecule has 0 saturated heterocycles. The first-order valence-corrected chi connectivity index (χ1v) is 7.87. The van der Waals surface area contributed by atoms with E-state index in [9.17, 15) is 4.79 Å². The van der Waals surface area contributed by atoms with Crippen molar-refractivity contribution < 1.29 is 21.8 Å². The molecule has 0 bridgehead atoms. The van der Waals surface area contributed by atoms with Gasteiger partial charge in [0.15, 0.2) is 12.4 Å². The molecule has 0 atom stereocenters. The van der Waals surface area contributed by atoms with Gasteiger partial charge in [-0.25, -0.2) is 0 Å². The smallest absolute Gasteiger partial charge is 0.290 e. The van der Waals surface area contributed by atoms with Crippen molar-refractivity contribution in [2.24, 2.45) is 0 Å². The van der Waals surface area contributed by atoms with E-state index >= 15 is 0 Å². The second kappa shape index (κ2) is 8.85. The number of carbonyl (C=O) groups excluding carboxylic acids is 1. The molecule has 0 radical (unpaired) electrons. The van der Waals surface area contributed by atoms with Crippen LogP contribution in [0.2, 0.25) is 0 Å². The zero-order valence-electron chi connectivity index (χ0n) is 13.9. The van der Waals surface area contributed by atoms with Gasteiger partial charge in [-0.15, -0.1) is 0 Å². The minimum absolute atomic E-state index is 0. The van der Waals surface area contributed by atoms with E-state index in [1.807, 2.05) is 90.6 Å². The molecule has 3 rings (SSSR count). The standard InChI is InChI=1S/C20H19N3O.ClH/c1-16-11-13-23(14-12-16)15-20(24)22-19-10-6-5-9-18(19)21-17-7-3-2-4-8-17;/h2-14,21H,15H2,1H3;1H. The van der Waals surface area contributed by atoms with E-state index in [0.29, 0.717) is 0 Å². The number of aryl methyl sites for hydroxylation is 1. The molecule has 0 saturated carbocycles. The highest BCUT2D eigenvalue weighted by molar-refractivity contribution is 5.94. The number of hydrogen-bond acceptors (Lipinski definition) is 2. The Balaban J connectivity index is 0.00000225. The number of rotatable bonds is 5. The SMILES string of the molecule is Cc1cc[n+](CC(=O)Nc2ccccc2Nc2ccccc2)cc1.[Cl-]. The van der Waals surface area contributed by atoms with Crippen molar-refractivity contribution in [3.63, 3.8) is 0 Å². The fraction of sp³-hybridized carbons (Fsp3) is 0.100. The summed E-state index contributed by atoms with van der Waals surface area (Å²) in [5, 5.41) is 6.30. The summed E-state index contributed by atoms with van der Waals surface area (Å²) in [6, 6.07) is 21.5. The maximum Gasteiger partial charge on any atom is 0.290 e. The van der Waals surface area contributed by atoms with Crippen LogP contribution >= 0.6 is 0 Å². The average molecular weight is 354 g/mol. The van der Waals surface area contributed by atoms with Crippen molar-refractivity contribution in [1.29, 1.82) is 0 Å². The highest BCUT2D eigenvalue weighted by Crippen LogP contribution is 2.24. The average Bonchev–Trinajstić information content (AvgIpc) is 2.60. The Morgan fingerprint density at radius 2 is 1.48 bits per heavy atom. The van der Waals surface area contributed by atoms with Gasteiger partial charge in [-0.3, -0.25) is 4.79 Å². The largest absolute Gasteiger partial charge is 1.00 e. The van der Waals surface area contributed by atoms with Crippen LogP contribution < -0.4 is 27.6 Å². The third kappa shape index (κ3) is 5.33. The first-order valence-electron chi connectivity index (χ1n) is 7.87. The molecule has 0 aliphatic carbocycles. The molecule has 0 aliphatic rings. The van der Waals surface area contributed by atoms with Crippen LogP contribution in [0.5, 0.6) is 0 Å². The summed E-state index contributed by atoms with van der Waals surface area (Å²) < 4.78 is 1.86. The topological polar surface area (TPSA) is 45.0 Å². The van der Waals surface area contributed by atoms with Gasteiger partial charge in [0, 0.05) is 17.8 Å². The number of benzene rings is 2. The van der Waals surface area contributed by atoms with Gasteiger partial charge in [0.1, 0.15) is 0 Å². The lowest BCUT2D eigenvalue weighted by molar-refractivity contribution is -0.684. The number of aromatic nitrogens is 1. The first-order chi connectivity index (χ1) is 11.7. The molecule has 0 aliphatic heterocycles. The Kier molecular flexibility index (Phi) is 6.54. The van der Waals surface area contributed by atoms with Crippen molar-refractivity contribution >= 4 is 23.0 Å². The fourth-order valence-corrected chi connectivity index (χ4v) is 2.37. The third-order valence-corrected chi connectivity index (χ3v) is 3.64. The predicted molar refractivity (Wildman–Crippen MR) is 96.2 cm³/mol. The molecule has 0 fully saturated rings. The number of pyridine rings is 1. The predicted octanol–water partition coefficient (Wildman–Crippen LogP) is 0.669. The molecule has 1 aromatic heterocycles. The van der Waals surface area contributed by atoms with Gasteiger partial charge in [-0.1, -0.05) is 30.3 Å². The van der Waals surface area contributed by atoms with Crippen molar-refractivity contribution in [2.45, 2.75) is 13.5 Å². The van der Waals surface area contributed by atoms with E-state index in [1.54, 1.807) is 0 Å². The molecule has 4 nitrogen and oxygen atoms in total. The van der Waals surface area contributed by atoms with E-state index < -0.39 is 0 Å². The lowest BCUT2D eigenvalue weighted by atomic mass is 10.2. The highest BCUT2D eigenvalue weighted by atomic mass is 35.5. The van der Waals surface area contributed by atoms with Crippen LogP contribution in [0, 0.1) is 6.92 Å². The molecule has 2 N–H and O–H groups in total. The van der Waals surface area contributed by atoms with Gasteiger partial charge >= 0.3 is 0 Å². The van der Waals surface area contributed by atoms with Gasteiger partial charge in [-0.2, -0.15) is 4.57 Å². The Labute approximate surface area is 153 Å². The Hall–Kier alpha value is -2.85. The number of nitrogens with one attached hydrogen (secondary N) is 2. The molecule has 25 heavy (non-hydrogen) atoms. The van der Waals surface area contributed by atoms with Gasteiger partial charge in [0.25, 0.3) is 5.91 Å². The summed E-state index contributed by atoms with van der Waals surface area (Å²) in [6.45, 7) is 2.30. The molecule has 5 heteroatoms. The highest BCUT2D eigenvalue weighted by Gasteiger charge is 2.11. The van der Waals surface area contributed by atoms with E-state index in [4.69, 9.17) is 0 Å². The Morgan fingerprint density at radius 3 is 2.16 bits per heavy atom. The van der Waals surface area contributed by atoms with Gasteiger partial charge < -0.3 is 23.0 Å².